The van der Waals surface area contributed by atoms with E-state index in [1.54, 1.807) is 32.9 Å². The van der Waals surface area contributed by atoms with Gasteiger partial charge in [-0.1, -0.05) is 49.4 Å². The Hall–Kier alpha value is -4.60. The summed E-state index contributed by atoms with van der Waals surface area (Å²) in [6.45, 7) is 8.85. The SMILES string of the molecule is CCCc1nc2c(C)cc(-c3cn(CC(F)(F)F)cn3)cc2n1Cc1ccc(-c2ccccc2OC(=O)OC(C)(C)C)cc1. The minimum atomic E-state index is -4.33. The number of benzene rings is 3. The van der Waals surface area contributed by atoms with E-state index in [2.05, 4.69) is 16.5 Å². The maximum absolute atomic E-state index is 12.9. The van der Waals surface area contributed by atoms with Crippen LogP contribution in [-0.4, -0.2) is 37.0 Å². The molecule has 0 atom stereocenters. The van der Waals surface area contributed by atoms with Crippen LogP contribution < -0.4 is 4.74 Å². The van der Waals surface area contributed by atoms with E-state index in [0.29, 0.717) is 18.0 Å². The number of para-hydroxylation sites is 1. The van der Waals surface area contributed by atoms with Gasteiger partial charge in [0.05, 0.1) is 23.1 Å². The Morgan fingerprint density at radius 3 is 2.39 bits per heavy atom. The van der Waals surface area contributed by atoms with Gasteiger partial charge in [-0.25, -0.2) is 14.8 Å². The van der Waals surface area contributed by atoms with Crippen LogP contribution in [-0.2, 0) is 24.2 Å². The van der Waals surface area contributed by atoms with Crippen LogP contribution in [0.4, 0.5) is 18.0 Å². The summed E-state index contributed by atoms with van der Waals surface area (Å²) in [5.74, 6) is 1.34. The standard InChI is InChI=1S/C34H35F3N4O3/c1-6-9-30-39-31-22(2)16-25(27-19-40(21-38-27)20-34(35,36)37)17-28(31)41(30)18-23-12-14-24(15-13-23)26-10-7-8-11-29(26)43-32(42)44-33(3,4)5/h7-8,10-17,19,21H,6,9,18,20H2,1-5H3. The van der Waals surface area contributed by atoms with Gasteiger partial charge in [0.1, 0.15) is 23.7 Å². The normalized spacial score (nSPS) is 12.1. The number of imidazole rings is 2. The lowest BCUT2D eigenvalue weighted by Gasteiger charge is -2.19. The molecule has 0 aliphatic heterocycles. The van der Waals surface area contributed by atoms with E-state index in [0.717, 1.165) is 62.1 Å². The van der Waals surface area contributed by atoms with Gasteiger partial charge in [-0.15, -0.1) is 0 Å². The van der Waals surface area contributed by atoms with Crippen molar-refractivity contribution in [2.45, 2.75) is 72.3 Å². The van der Waals surface area contributed by atoms with E-state index in [1.165, 1.54) is 12.5 Å². The van der Waals surface area contributed by atoms with Crippen LogP contribution in [0.15, 0.2) is 73.2 Å². The average Bonchev–Trinajstić information content (AvgIpc) is 3.53. The highest BCUT2D eigenvalue weighted by Crippen LogP contribution is 2.32. The van der Waals surface area contributed by atoms with Crippen LogP contribution in [0.1, 0.15) is 51.1 Å². The van der Waals surface area contributed by atoms with Crippen molar-refractivity contribution in [1.82, 2.24) is 19.1 Å². The fourth-order valence-corrected chi connectivity index (χ4v) is 5.11. The fraction of sp³-hybridized carbons (Fsp3) is 0.324. The van der Waals surface area contributed by atoms with Crippen molar-refractivity contribution in [3.05, 3.63) is 90.1 Å². The third-order valence-corrected chi connectivity index (χ3v) is 6.96. The molecule has 3 aromatic carbocycles. The van der Waals surface area contributed by atoms with Gasteiger partial charge >= 0.3 is 12.3 Å². The van der Waals surface area contributed by atoms with Crippen LogP contribution in [0.3, 0.4) is 0 Å². The molecular formula is C34H35F3N4O3. The smallest absolute Gasteiger partial charge is 0.428 e. The molecule has 5 rings (SSSR count). The van der Waals surface area contributed by atoms with Gasteiger partial charge in [0.15, 0.2) is 0 Å². The Bertz CT molecular complexity index is 1780. The molecule has 0 saturated carbocycles. The first-order valence-electron chi connectivity index (χ1n) is 14.5. The number of fused-ring (bicyclic) bond motifs is 1. The molecule has 44 heavy (non-hydrogen) atoms. The zero-order valence-corrected chi connectivity index (χ0v) is 25.4. The lowest BCUT2D eigenvalue weighted by atomic mass is 10.0. The molecule has 0 unspecified atom stereocenters. The Morgan fingerprint density at radius 1 is 0.977 bits per heavy atom. The molecule has 0 N–H and O–H groups in total. The maximum atomic E-state index is 12.9. The van der Waals surface area contributed by atoms with Crippen LogP contribution in [0, 0.1) is 6.92 Å². The van der Waals surface area contributed by atoms with E-state index >= 15 is 0 Å². The van der Waals surface area contributed by atoms with Gasteiger partial charge < -0.3 is 18.6 Å². The molecule has 0 radical (unpaired) electrons. The molecule has 5 aromatic rings. The molecule has 0 aliphatic rings. The van der Waals surface area contributed by atoms with E-state index in [1.807, 2.05) is 55.5 Å². The largest absolute Gasteiger partial charge is 0.514 e. The number of hydrogen-bond acceptors (Lipinski definition) is 5. The maximum Gasteiger partial charge on any atom is 0.514 e. The number of aromatic nitrogens is 4. The number of carbonyl (C=O) groups excluding carboxylic acids is 1. The number of ether oxygens (including phenoxy) is 2. The molecule has 0 saturated heterocycles. The highest BCUT2D eigenvalue weighted by Gasteiger charge is 2.28. The monoisotopic (exact) mass is 604 g/mol. The van der Waals surface area contributed by atoms with Crippen LogP contribution in [0.2, 0.25) is 0 Å². The minimum Gasteiger partial charge on any atom is -0.428 e. The number of aryl methyl sites for hydroxylation is 2. The number of rotatable bonds is 8. The molecule has 0 amide bonds. The highest BCUT2D eigenvalue weighted by atomic mass is 19.4. The summed E-state index contributed by atoms with van der Waals surface area (Å²) in [4.78, 5) is 21.5. The van der Waals surface area contributed by atoms with E-state index in [-0.39, 0.29) is 0 Å². The zero-order chi connectivity index (χ0) is 31.6. The summed E-state index contributed by atoms with van der Waals surface area (Å²) in [6, 6.07) is 19.2. The highest BCUT2D eigenvalue weighted by molar-refractivity contribution is 5.85. The Balaban J connectivity index is 1.45. The Morgan fingerprint density at radius 2 is 1.70 bits per heavy atom. The Labute approximate surface area is 254 Å². The van der Waals surface area contributed by atoms with Gasteiger partial charge in [0.25, 0.3) is 0 Å². The van der Waals surface area contributed by atoms with Crippen LogP contribution in [0.25, 0.3) is 33.4 Å². The summed E-state index contributed by atoms with van der Waals surface area (Å²) >= 11 is 0. The first-order chi connectivity index (χ1) is 20.8. The topological polar surface area (TPSA) is 71.2 Å². The number of carbonyl (C=O) groups is 1. The van der Waals surface area contributed by atoms with Gasteiger partial charge in [-0.05, 0) is 69.0 Å². The third-order valence-electron chi connectivity index (χ3n) is 6.96. The lowest BCUT2D eigenvalue weighted by Crippen LogP contribution is -2.26. The number of halogens is 3. The molecule has 0 bridgehead atoms. The second kappa shape index (κ2) is 12.2. The summed E-state index contributed by atoms with van der Waals surface area (Å²) in [6.07, 6.45) is -0.778. The molecular weight excluding hydrogens is 569 g/mol. The molecule has 2 heterocycles. The van der Waals surface area contributed by atoms with E-state index in [9.17, 15) is 18.0 Å². The van der Waals surface area contributed by atoms with Crippen LogP contribution in [0.5, 0.6) is 5.75 Å². The third kappa shape index (κ3) is 7.30. The zero-order valence-electron chi connectivity index (χ0n) is 25.4. The molecule has 2 aromatic heterocycles. The van der Waals surface area contributed by atoms with Gasteiger partial charge in [0, 0.05) is 30.3 Å². The van der Waals surface area contributed by atoms with Gasteiger partial charge in [-0.3, -0.25) is 0 Å². The van der Waals surface area contributed by atoms with E-state index in [4.69, 9.17) is 14.5 Å². The first kappa shape index (κ1) is 30.8. The summed E-state index contributed by atoms with van der Waals surface area (Å²) in [5, 5.41) is 0. The van der Waals surface area contributed by atoms with E-state index < -0.39 is 24.5 Å². The van der Waals surface area contributed by atoms with Crippen molar-refractivity contribution >= 4 is 17.2 Å². The molecule has 7 nitrogen and oxygen atoms in total. The minimum absolute atomic E-state index is 0.404. The number of hydrogen-bond donors (Lipinski definition) is 0. The van der Waals surface area contributed by atoms with Crippen molar-refractivity contribution in [2.75, 3.05) is 0 Å². The average molecular weight is 605 g/mol. The number of nitrogens with zero attached hydrogens (tertiary/aromatic N) is 4. The molecule has 0 spiro atoms. The second-order valence-electron chi connectivity index (χ2n) is 11.8. The van der Waals surface area contributed by atoms with Crippen molar-refractivity contribution < 1.29 is 27.4 Å². The van der Waals surface area contributed by atoms with Crippen molar-refractivity contribution in [1.29, 1.82) is 0 Å². The predicted octanol–water partition coefficient (Wildman–Crippen LogP) is 8.75. The summed E-state index contributed by atoms with van der Waals surface area (Å²) in [5.41, 5.74) is 5.89. The quantitative estimate of drug-likeness (QED) is 0.131. The molecule has 10 heteroatoms. The van der Waals surface area contributed by atoms with Crippen molar-refractivity contribution in [3.8, 4) is 28.1 Å². The fourth-order valence-electron chi connectivity index (χ4n) is 5.11. The number of alkyl halides is 3. The lowest BCUT2D eigenvalue weighted by molar-refractivity contribution is -0.140. The second-order valence-corrected chi connectivity index (χ2v) is 11.8. The Kier molecular flexibility index (Phi) is 8.54. The van der Waals surface area contributed by atoms with Crippen molar-refractivity contribution in [3.63, 3.8) is 0 Å². The molecule has 0 aliphatic carbocycles. The molecule has 230 valence electrons. The van der Waals surface area contributed by atoms with Gasteiger partial charge in [0.2, 0.25) is 0 Å². The van der Waals surface area contributed by atoms with Crippen LogP contribution >= 0.6 is 0 Å². The van der Waals surface area contributed by atoms with Gasteiger partial charge in [-0.2, -0.15) is 13.2 Å². The predicted molar refractivity (Wildman–Crippen MR) is 164 cm³/mol. The summed E-state index contributed by atoms with van der Waals surface area (Å²) in [7, 11) is 0. The van der Waals surface area contributed by atoms with Crippen molar-refractivity contribution in [2.24, 2.45) is 0 Å². The summed E-state index contributed by atoms with van der Waals surface area (Å²) < 4.78 is 52.8. The molecule has 0 fully saturated rings. The first-order valence-corrected chi connectivity index (χ1v) is 14.5.